The van der Waals surface area contributed by atoms with Crippen LogP contribution >= 0.6 is 0 Å². The number of allylic oxidation sites excluding steroid dienone is 1. The van der Waals surface area contributed by atoms with Gasteiger partial charge in [0.1, 0.15) is 29.9 Å². The molecule has 6 atom stereocenters. The molecular formula is C37H40F4N6O6. The number of carbonyl (C=O) groups excluding carboxylic acids is 2. The lowest BCUT2D eigenvalue weighted by atomic mass is 9.89. The second-order valence-corrected chi connectivity index (χ2v) is 14.2. The topological polar surface area (TPSA) is 158 Å². The number of carbonyl (C=O) groups is 2. The molecule has 5 N–H and O–H groups in total. The Kier molecular flexibility index (Phi) is 9.57. The number of methoxy groups -OCH3 is 1. The average Bonchev–Trinajstić information content (AvgIpc) is 3.84. The molecule has 4 aliphatic rings. The highest BCUT2D eigenvalue weighted by Gasteiger charge is 2.51. The number of likely N-dealkylation sites (tertiary alicyclic amines) is 1. The van der Waals surface area contributed by atoms with E-state index in [1.807, 2.05) is 0 Å². The normalized spacial score (nSPS) is 25.6. The van der Waals surface area contributed by atoms with Crippen molar-refractivity contribution in [1.29, 1.82) is 0 Å². The van der Waals surface area contributed by atoms with Gasteiger partial charge in [0.25, 0.3) is 0 Å². The van der Waals surface area contributed by atoms with Gasteiger partial charge in [-0.1, -0.05) is 18.2 Å². The minimum absolute atomic E-state index is 0.168. The molecule has 0 radical (unpaired) electrons. The molecule has 1 aromatic heterocycles. The molecule has 7 rings (SSSR count). The van der Waals surface area contributed by atoms with E-state index < -0.39 is 53.9 Å². The van der Waals surface area contributed by atoms with Gasteiger partial charge in [0.15, 0.2) is 11.5 Å². The van der Waals surface area contributed by atoms with Gasteiger partial charge in [-0.2, -0.15) is 13.2 Å². The van der Waals surface area contributed by atoms with Crippen LogP contribution in [0.4, 0.5) is 23.4 Å². The molecule has 0 spiro atoms. The molecule has 282 valence electrons. The molecular weight excluding hydrogens is 700 g/mol. The van der Waals surface area contributed by atoms with Crippen LogP contribution in [0.5, 0.6) is 11.5 Å². The average molecular weight is 741 g/mol. The first-order chi connectivity index (χ1) is 25.2. The fraction of sp³-hybridized carbons (Fsp3) is 0.459. The fourth-order valence-corrected chi connectivity index (χ4v) is 7.25. The number of hydrogen-bond donors (Lipinski definition) is 5. The Labute approximate surface area is 302 Å². The van der Waals surface area contributed by atoms with Crippen LogP contribution in [-0.4, -0.2) is 75.7 Å². The van der Waals surface area contributed by atoms with E-state index >= 15 is 0 Å². The number of anilines is 1. The summed E-state index contributed by atoms with van der Waals surface area (Å²) in [4.78, 5) is 36.7. The summed E-state index contributed by atoms with van der Waals surface area (Å²) in [5, 5.41) is 29.8. The monoisotopic (exact) mass is 740 g/mol. The largest absolute Gasteiger partial charge is 0.493 e. The molecule has 53 heavy (non-hydrogen) atoms. The third kappa shape index (κ3) is 7.14. The molecule has 1 saturated carbocycles. The zero-order valence-corrected chi connectivity index (χ0v) is 29.2. The first-order valence-electron chi connectivity index (χ1n) is 17.4. The number of hydrogen-bond acceptors (Lipinski definition) is 11. The maximum absolute atomic E-state index is 15.0. The van der Waals surface area contributed by atoms with Crippen LogP contribution in [-0.2, 0) is 15.8 Å². The van der Waals surface area contributed by atoms with Crippen LogP contribution in [0.25, 0.3) is 10.9 Å². The number of rotatable bonds is 11. The van der Waals surface area contributed by atoms with Gasteiger partial charge in [0.2, 0.25) is 11.8 Å². The summed E-state index contributed by atoms with van der Waals surface area (Å²) in [6.45, 7) is 4.03. The van der Waals surface area contributed by atoms with E-state index in [0.717, 1.165) is 23.8 Å². The van der Waals surface area contributed by atoms with Crippen LogP contribution in [0.15, 0.2) is 54.3 Å². The Morgan fingerprint density at radius 2 is 1.85 bits per heavy atom. The molecule has 2 aliphatic carbocycles. The molecule has 3 aromatic rings. The molecule has 5 unspecified atom stereocenters. The number of nitrogens with one attached hydrogen (secondary N) is 3. The van der Waals surface area contributed by atoms with E-state index in [0.29, 0.717) is 66.0 Å². The van der Waals surface area contributed by atoms with E-state index in [9.17, 15) is 37.4 Å². The third-order valence-corrected chi connectivity index (χ3v) is 10.5. The van der Waals surface area contributed by atoms with Crippen molar-refractivity contribution in [1.82, 2.24) is 25.5 Å². The smallest absolute Gasteiger partial charge is 0.419 e. The van der Waals surface area contributed by atoms with Crippen LogP contribution in [0.3, 0.4) is 0 Å². The second-order valence-electron chi connectivity index (χ2n) is 14.2. The van der Waals surface area contributed by atoms with Gasteiger partial charge in [-0.25, -0.2) is 14.4 Å². The number of aliphatic hydroxyl groups is 2. The predicted octanol–water partition coefficient (Wildman–Crippen LogP) is 4.47. The Morgan fingerprint density at radius 1 is 1.09 bits per heavy atom. The number of fused-ring (bicyclic) bond motifs is 2. The fourth-order valence-electron chi connectivity index (χ4n) is 7.25. The van der Waals surface area contributed by atoms with Crippen molar-refractivity contribution in [2.75, 3.05) is 25.6 Å². The lowest BCUT2D eigenvalue weighted by Gasteiger charge is -2.36. The number of nitrogens with zero attached hydrogens (tertiary/aromatic N) is 3. The summed E-state index contributed by atoms with van der Waals surface area (Å²) >= 11 is 0. The number of aromatic nitrogens is 2. The lowest BCUT2D eigenvalue weighted by Crippen LogP contribution is -2.58. The van der Waals surface area contributed by atoms with E-state index in [2.05, 4.69) is 25.9 Å². The van der Waals surface area contributed by atoms with E-state index in [-0.39, 0.29) is 28.6 Å². The second kappa shape index (κ2) is 13.9. The molecule has 3 heterocycles. The minimum Gasteiger partial charge on any atom is -0.493 e. The number of ether oxygens (including phenoxy) is 2. The number of amides is 2. The molecule has 3 fully saturated rings. The predicted molar refractivity (Wildman–Crippen MR) is 184 cm³/mol. The summed E-state index contributed by atoms with van der Waals surface area (Å²) in [6, 6.07) is 4.89. The van der Waals surface area contributed by atoms with Crippen molar-refractivity contribution < 1.29 is 46.8 Å². The SMILES string of the molecule is COc1cc2nc(C)nc(N[C@H](C)c3cccc(C(F)(F)F)c3F)c2cc1OCC1(CNC2=CC3C(=O)N(C4CCC(O)NC4O)C(=O)C3C=C2)CC1. The number of halogens is 4. The van der Waals surface area contributed by atoms with Crippen LogP contribution in [0, 0.1) is 30.0 Å². The highest BCUT2D eigenvalue weighted by atomic mass is 19.4. The molecule has 12 nitrogen and oxygen atoms in total. The lowest BCUT2D eigenvalue weighted by molar-refractivity contribution is -0.149. The van der Waals surface area contributed by atoms with Gasteiger partial charge in [-0.3, -0.25) is 19.8 Å². The van der Waals surface area contributed by atoms with Gasteiger partial charge in [0, 0.05) is 34.7 Å². The van der Waals surface area contributed by atoms with Crippen molar-refractivity contribution in [2.24, 2.45) is 17.3 Å². The quantitative estimate of drug-likeness (QED) is 0.140. The van der Waals surface area contributed by atoms with Crippen molar-refractivity contribution >= 4 is 28.5 Å². The first-order valence-corrected chi connectivity index (χ1v) is 17.4. The number of alkyl halides is 3. The number of imide groups is 1. The number of benzene rings is 2. The molecule has 16 heteroatoms. The maximum atomic E-state index is 15.0. The summed E-state index contributed by atoms with van der Waals surface area (Å²) in [6.07, 6.45) is 0.580. The zero-order chi connectivity index (χ0) is 37.8. The van der Waals surface area contributed by atoms with Crippen LogP contribution < -0.4 is 25.4 Å². The zero-order valence-electron chi connectivity index (χ0n) is 29.2. The Morgan fingerprint density at radius 3 is 2.55 bits per heavy atom. The summed E-state index contributed by atoms with van der Waals surface area (Å²) in [5.41, 5.74) is -0.579. The number of piperidine rings is 1. The van der Waals surface area contributed by atoms with E-state index in [1.165, 1.54) is 13.2 Å². The van der Waals surface area contributed by atoms with Gasteiger partial charge in [0.05, 0.1) is 48.7 Å². The molecule has 2 saturated heterocycles. The summed E-state index contributed by atoms with van der Waals surface area (Å²) in [5.74, 6) is -2.02. The van der Waals surface area contributed by atoms with Gasteiger partial charge < -0.3 is 30.3 Å². The maximum Gasteiger partial charge on any atom is 0.419 e. The number of aryl methyl sites for hydroxylation is 1. The van der Waals surface area contributed by atoms with Crippen LogP contribution in [0.1, 0.15) is 55.6 Å². The Balaban J connectivity index is 1.04. The molecule has 2 aromatic carbocycles. The highest BCUT2D eigenvalue weighted by molar-refractivity contribution is 6.07. The standard InChI is InChI=1S/C37H40F4N6O6/c1-18(21-5-4-6-25(31(21)38)37(39,40)41)43-32-24-14-29(28(52-3)15-26(24)44-19(2)45-32)53-17-36(11-12-36)16-42-20-7-8-22-23(13-20)35(51)47(34(22)50)27-9-10-30(48)46-33(27)49/h4-8,13-15,18,22-23,27,30,33,42,46,48-49H,9-12,16-17H2,1-3H3,(H,43,44,45)/t18-,22?,23?,27?,30?,33?/m1/s1. The minimum atomic E-state index is -4.84. The summed E-state index contributed by atoms with van der Waals surface area (Å²) in [7, 11) is 1.49. The van der Waals surface area contributed by atoms with Gasteiger partial charge in [-0.05, 0) is 63.8 Å². The first kappa shape index (κ1) is 36.6. The van der Waals surface area contributed by atoms with Crippen molar-refractivity contribution in [3.8, 4) is 11.5 Å². The third-order valence-electron chi connectivity index (χ3n) is 10.5. The van der Waals surface area contributed by atoms with Crippen LogP contribution in [0.2, 0.25) is 0 Å². The van der Waals surface area contributed by atoms with E-state index in [1.54, 1.807) is 44.2 Å². The van der Waals surface area contributed by atoms with Gasteiger partial charge in [-0.15, -0.1) is 0 Å². The molecule has 2 aliphatic heterocycles. The van der Waals surface area contributed by atoms with Gasteiger partial charge >= 0.3 is 6.18 Å². The van der Waals surface area contributed by atoms with Crippen molar-refractivity contribution in [3.05, 3.63) is 77.0 Å². The van der Waals surface area contributed by atoms with Crippen molar-refractivity contribution in [2.45, 2.75) is 70.2 Å². The van der Waals surface area contributed by atoms with E-state index in [4.69, 9.17) is 9.47 Å². The Bertz CT molecular complexity index is 2000. The summed E-state index contributed by atoms with van der Waals surface area (Å²) < 4.78 is 67.2. The molecule has 2 amide bonds. The number of aliphatic hydroxyl groups excluding tert-OH is 2. The highest BCUT2D eigenvalue weighted by Crippen LogP contribution is 2.47. The Hall–Kier alpha value is -4.80. The molecule has 0 bridgehead atoms. The van der Waals surface area contributed by atoms with Crippen molar-refractivity contribution in [3.63, 3.8) is 0 Å².